The van der Waals surface area contributed by atoms with Gasteiger partial charge in [0.2, 0.25) is 5.91 Å². The number of nitrogens with two attached hydrogens (primary N) is 1. The molecule has 0 bridgehead atoms. The highest BCUT2D eigenvalue weighted by molar-refractivity contribution is 5.92. The van der Waals surface area contributed by atoms with Crippen molar-refractivity contribution in [3.8, 4) is 0 Å². The highest BCUT2D eigenvalue weighted by Crippen LogP contribution is 2.26. The maximum atomic E-state index is 12.0. The van der Waals surface area contributed by atoms with E-state index >= 15 is 0 Å². The molecule has 0 saturated heterocycles. The molecular formula is C14H18N2O2. The molecule has 3 N–H and O–H groups in total. The van der Waals surface area contributed by atoms with Crippen LogP contribution in [-0.2, 0) is 4.79 Å². The van der Waals surface area contributed by atoms with Gasteiger partial charge in [-0.25, -0.2) is 0 Å². The van der Waals surface area contributed by atoms with Crippen molar-refractivity contribution in [2.75, 3.05) is 18.9 Å². The fourth-order valence-electron chi connectivity index (χ4n) is 1.89. The van der Waals surface area contributed by atoms with E-state index in [1.54, 1.807) is 23.1 Å². The van der Waals surface area contributed by atoms with E-state index in [1.807, 2.05) is 18.2 Å². The lowest BCUT2D eigenvalue weighted by Gasteiger charge is -2.19. The molecule has 1 aliphatic carbocycles. The van der Waals surface area contributed by atoms with E-state index in [4.69, 9.17) is 10.8 Å². The zero-order valence-corrected chi connectivity index (χ0v) is 10.2. The summed E-state index contributed by atoms with van der Waals surface area (Å²) in [7, 11) is 0. The lowest BCUT2D eigenvalue weighted by atomic mass is 10.2. The fourth-order valence-corrected chi connectivity index (χ4v) is 1.89. The average molecular weight is 246 g/mol. The summed E-state index contributed by atoms with van der Waals surface area (Å²) in [5.41, 5.74) is 7.25. The molecule has 0 atom stereocenters. The van der Waals surface area contributed by atoms with Crippen LogP contribution in [0.2, 0.25) is 0 Å². The molecule has 0 heterocycles. The number of aliphatic hydroxyl groups is 1. The van der Waals surface area contributed by atoms with E-state index in [0.29, 0.717) is 18.3 Å². The van der Waals surface area contributed by atoms with Crippen molar-refractivity contribution >= 4 is 17.7 Å². The molecule has 0 unspecified atom stereocenters. The van der Waals surface area contributed by atoms with Gasteiger partial charge >= 0.3 is 0 Å². The van der Waals surface area contributed by atoms with Gasteiger partial charge in [-0.3, -0.25) is 4.79 Å². The molecule has 1 amide bonds. The smallest absolute Gasteiger partial charge is 0.246 e. The molecule has 0 radical (unpaired) electrons. The minimum absolute atomic E-state index is 0.00830. The van der Waals surface area contributed by atoms with Crippen molar-refractivity contribution < 1.29 is 9.90 Å². The van der Waals surface area contributed by atoms with Crippen molar-refractivity contribution in [2.24, 2.45) is 0 Å². The second-order valence-electron chi connectivity index (χ2n) is 4.49. The molecule has 1 fully saturated rings. The maximum Gasteiger partial charge on any atom is 0.246 e. The maximum absolute atomic E-state index is 12.0. The van der Waals surface area contributed by atoms with E-state index in [-0.39, 0.29) is 12.5 Å². The van der Waals surface area contributed by atoms with Gasteiger partial charge in [0.15, 0.2) is 0 Å². The highest BCUT2D eigenvalue weighted by atomic mass is 16.3. The second kappa shape index (κ2) is 5.69. The van der Waals surface area contributed by atoms with Gasteiger partial charge in [-0.2, -0.15) is 0 Å². The quantitative estimate of drug-likeness (QED) is 0.607. The van der Waals surface area contributed by atoms with Crippen LogP contribution in [0, 0.1) is 0 Å². The molecule has 1 aromatic rings. The molecule has 4 heteroatoms. The van der Waals surface area contributed by atoms with Crippen molar-refractivity contribution in [1.29, 1.82) is 0 Å². The van der Waals surface area contributed by atoms with Gasteiger partial charge < -0.3 is 15.7 Å². The number of aliphatic hydroxyl groups excluding tert-OH is 1. The Morgan fingerprint density at radius 3 is 2.89 bits per heavy atom. The van der Waals surface area contributed by atoms with Crippen LogP contribution in [0.15, 0.2) is 30.3 Å². The fraction of sp³-hybridized carbons (Fsp3) is 0.357. The molecule has 0 spiro atoms. The minimum atomic E-state index is -0.0472. The van der Waals surface area contributed by atoms with Crippen molar-refractivity contribution in [3.05, 3.63) is 35.9 Å². The average Bonchev–Trinajstić information content (AvgIpc) is 3.17. The van der Waals surface area contributed by atoms with E-state index in [9.17, 15) is 4.79 Å². The number of hydrogen-bond acceptors (Lipinski definition) is 3. The van der Waals surface area contributed by atoms with Gasteiger partial charge in [0.1, 0.15) is 0 Å². The third-order valence-electron chi connectivity index (χ3n) is 2.94. The standard InChI is InChI=1S/C14H18N2O2/c15-12-3-1-2-11(10-12)4-7-14(18)16(8-9-17)13-5-6-13/h1-4,7,10,13,17H,5-6,8-9,15H2/b7-4+. The Morgan fingerprint density at radius 1 is 1.50 bits per heavy atom. The summed E-state index contributed by atoms with van der Waals surface area (Å²) < 4.78 is 0. The van der Waals surface area contributed by atoms with E-state index in [0.717, 1.165) is 18.4 Å². The Kier molecular flexibility index (Phi) is 3.99. The molecule has 2 rings (SSSR count). The summed E-state index contributed by atoms with van der Waals surface area (Å²) in [6, 6.07) is 7.69. The Labute approximate surface area is 107 Å². The largest absolute Gasteiger partial charge is 0.399 e. The van der Waals surface area contributed by atoms with Crippen LogP contribution in [0.1, 0.15) is 18.4 Å². The Balaban J connectivity index is 2.01. The van der Waals surface area contributed by atoms with Crippen LogP contribution in [0.25, 0.3) is 6.08 Å². The summed E-state index contributed by atoms with van der Waals surface area (Å²) >= 11 is 0. The molecule has 18 heavy (non-hydrogen) atoms. The molecular weight excluding hydrogens is 228 g/mol. The van der Waals surface area contributed by atoms with Crippen molar-refractivity contribution in [2.45, 2.75) is 18.9 Å². The van der Waals surface area contributed by atoms with Gasteiger partial charge in [-0.15, -0.1) is 0 Å². The molecule has 96 valence electrons. The van der Waals surface area contributed by atoms with Gasteiger partial charge in [0, 0.05) is 24.4 Å². The summed E-state index contributed by atoms with van der Waals surface area (Å²) in [4.78, 5) is 13.7. The summed E-state index contributed by atoms with van der Waals surface area (Å²) in [6.07, 6.45) is 5.38. The predicted octanol–water partition coefficient (Wildman–Crippen LogP) is 1.27. The first-order chi connectivity index (χ1) is 8.70. The number of benzene rings is 1. The van der Waals surface area contributed by atoms with Gasteiger partial charge in [-0.1, -0.05) is 12.1 Å². The monoisotopic (exact) mass is 246 g/mol. The van der Waals surface area contributed by atoms with Crippen LogP contribution in [0.4, 0.5) is 5.69 Å². The highest BCUT2D eigenvalue weighted by Gasteiger charge is 2.30. The minimum Gasteiger partial charge on any atom is -0.399 e. The Bertz CT molecular complexity index is 453. The zero-order valence-electron chi connectivity index (χ0n) is 10.2. The van der Waals surface area contributed by atoms with E-state index in [1.165, 1.54) is 0 Å². The van der Waals surface area contributed by atoms with Crippen molar-refractivity contribution in [3.63, 3.8) is 0 Å². The van der Waals surface area contributed by atoms with Crippen LogP contribution < -0.4 is 5.73 Å². The molecule has 1 aliphatic rings. The van der Waals surface area contributed by atoms with Crippen LogP contribution in [-0.4, -0.2) is 35.1 Å². The van der Waals surface area contributed by atoms with Crippen molar-refractivity contribution in [1.82, 2.24) is 4.90 Å². The summed E-state index contributed by atoms with van der Waals surface area (Å²) in [5, 5.41) is 8.95. The van der Waals surface area contributed by atoms with Crippen LogP contribution in [0.5, 0.6) is 0 Å². The number of nitrogen functional groups attached to an aromatic ring is 1. The van der Waals surface area contributed by atoms with E-state index in [2.05, 4.69) is 0 Å². The number of anilines is 1. The first-order valence-electron chi connectivity index (χ1n) is 6.16. The molecule has 1 saturated carbocycles. The Morgan fingerprint density at radius 2 is 2.28 bits per heavy atom. The van der Waals surface area contributed by atoms with E-state index < -0.39 is 0 Å². The lowest BCUT2D eigenvalue weighted by molar-refractivity contribution is -0.127. The molecule has 0 aromatic heterocycles. The summed E-state index contributed by atoms with van der Waals surface area (Å²) in [5.74, 6) is -0.0472. The molecule has 4 nitrogen and oxygen atoms in total. The molecule has 1 aromatic carbocycles. The third kappa shape index (κ3) is 3.34. The number of carbonyl (C=O) groups excluding carboxylic acids is 1. The lowest BCUT2D eigenvalue weighted by Crippen LogP contribution is -2.34. The second-order valence-corrected chi connectivity index (χ2v) is 4.49. The Hall–Kier alpha value is -1.81. The number of hydrogen-bond donors (Lipinski definition) is 2. The first kappa shape index (κ1) is 12.6. The zero-order chi connectivity index (χ0) is 13.0. The van der Waals surface area contributed by atoms with Gasteiger partial charge in [0.25, 0.3) is 0 Å². The van der Waals surface area contributed by atoms with Gasteiger partial charge in [0.05, 0.1) is 6.61 Å². The molecule has 0 aliphatic heterocycles. The van der Waals surface area contributed by atoms with Gasteiger partial charge in [-0.05, 0) is 36.6 Å². The number of rotatable bonds is 5. The normalized spacial score (nSPS) is 14.9. The number of nitrogens with zero attached hydrogens (tertiary/aromatic N) is 1. The SMILES string of the molecule is Nc1cccc(/C=C/C(=O)N(CCO)C2CC2)c1. The third-order valence-corrected chi connectivity index (χ3v) is 2.94. The summed E-state index contributed by atoms with van der Waals surface area (Å²) in [6.45, 7) is 0.416. The number of carbonyl (C=O) groups is 1. The predicted molar refractivity (Wildman–Crippen MR) is 71.7 cm³/mol. The van der Waals surface area contributed by atoms with Crippen LogP contribution in [0.3, 0.4) is 0 Å². The van der Waals surface area contributed by atoms with Crippen LogP contribution >= 0.6 is 0 Å². The number of amides is 1. The first-order valence-corrected chi connectivity index (χ1v) is 6.16. The topological polar surface area (TPSA) is 66.6 Å².